The molecule has 3 amide bonds. The number of carbonyl (C=O) groups is 3. The lowest BCUT2D eigenvalue weighted by atomic mass is 9.93. The van der Waals surface area contributed by atoms with Crippen LogP contribution in [-0.2, 0) is 14.3 Å². The Morgan fingerprint density at radius 1 is 1.26 bits per heavy atom. The second-order valence-corrected chi connectivity index (χ2v) is 9.17. The molecule has 1 aromatic carbocycles. The van der Waals surface area contributed by atoms with Crippen LogP contribution < -0.4 is 10.6 Å². The van der Waals surface area contributed by atoms with E-state index in [2.05, 4.69) is 17.6 Å². The Balaban J connectivity index is 2.46. The second-order valence-electron chi connectivity index (χ2n) is 9.17. The smallest absolute Gasteiger partial charge is 0.338 e. The van der Waals surface area contributed by atoms with Gasteiger partial charge >= 0.3 is 12.0 Å². The van der Waals surface area contributed by atoms with Crippen molar-refractivity contribution >= 4 is 23.6 Å². The summed E-state index contributed by atoms with van der Waals surface area (Å²) < 4.78 is 5.49. The molecule has 0 aromatic heterocycles. The number of anilines is 1. The third kappa shape index (κ3) is 6.09. The predicted octanol–water partition coefficient (Wildman–Crippen LogP) is 4.76. The van der Waals surface area contributed by atoms with E-state index in [1.807, 2.05) is 26.8 Å². The van der Waals surface area contributed by atoms with Crippen molar-refractivity contribution in [1.29, 1.82) is 0 Å². The zero-order chi connectivity index (χ0) is 23.3. The van der Waals surface area contributed by atoms with Gasteiger partial charge in [0.25, 0.3) is 0 Å². The van der Waals surface area contributed by atoms with Gasteiger partial charge in [-0.25, -0.2) is 9.59 Å². The summed E-state index contributed by atoms with van der Waals surface area (Å²) >= 11 is 0. The molecule has 0 bridgehead atoms. The van der Waals surface area contributed by atoms with Gasteiger partial charge in [-0.2, -0.15) is 0 Å². The summed E-state index contributed by atoms with van der Waals surface area (Å²) in [6.45, 7) is 13.5. The first-order chi connectivity index (χ1) is 14.5. The third-order valence-corrected chi connectivity index (χ3v) is 5.05. The number of allylic oxidation sites excluding steroid dienone is 1. The van der Waals surface area contributed by atoms with Gasteiger partial charge < -0.3 is 15.4 Å². The van der Waals surface area contributed by atoms with E-state index in [0.29, 0.717) is 29.1 Å². The van der Waals surface area contributed by atoms with Crippen LogP contribution in [-0.4, -0.2) is 35.5 Å². The number of hydrogen-bond acceptors (Lipinski definition) is 4. The first-order valence-electron chi connectivity index (χ1n) is 10.9. The molecule has 1 heterocycles. The largest absolute Gasteiger partial charge is 0.459 e. The van der Waals surface area contributed by atoms with Crippen LogP contribution in [0.4, 0.5) is 10.5 Å². The highest BCUT2D eigenvalue weighted by molar-refractivity contribution is 5.96. The van der Waals surface area contributed by atoms with Gasteiger partial charge in [0.1, 0.15) is 0 Å². The number of nitrogens with one attached hydrogen (secondary N) is 2. The second kappa shape index (κ2) is 9.98. The van der Waals surface area contributed by atoms with E-state index in [4.69, 9.17) is 4.74 Å². The molecule has 0 saturated carbocycles. The van der Waals surface area contributed by atoms with Crippen LogP contribution in [0.2, 0.25) is 0 Å². The Bertz CT molecular complexity index is 868. The number of ether oxygens (including phenoxy) is 1. The monoisotopic (exact) mass is 429 g/mol. The van der Waals surface area contributed by atoms with Gasteiger partial charge in [-0.1, -0.05) is 46.2 Å². The SMILES string of the molecule is CCCCN1C(=O)NC(c2cccc(NC(=O)C(C)(C)C)c2)C(C(=O)OC(C)C)=C1C. The van der Waals surface area contributed by atoms with Crippen molar-refractivity contribution in [2.75, 3.05) is 11.9 Å². The van der Waals surface area contributed by atoms with Crippen LogP contribution in [0.25, 0.3) is 0 Å². The highest BCUT2D eigenvalue weighted by atomic mass is 16.5. The zero-order valence-corrected chi connectivity index (χ0v) is 19.7. The minimum Gasteiger partial charge on any atom is -0.459 e. The average Bonchev–Trinajstić information content (AvgIpc) is 2.66. The number of unbranched alkanes of at least 4 members (excludes halogenated alkanes) is 1. The molecule has 0 aliphatic carbocycles. The molecule has 1 atom stereocenters. The summed E-state index contributed by atoms with van der Waals surface area (Å²) in [5, 5.41) is 5.86. The van der Waals surface area contributed by atoms with Gasteiger partial charge in [0.05, 0.1) is 17.7 Å². The standard InChI is InChI=1S/C24H35N3O4/c1-8-9-13-27-16(4)19(21(28)31-15(2)3)20(26-23(27)30)17-11-10-12-18(14-17)25-22(29)24(5,6)7/h10-12,14-15,20H,8-9,13H2,1-7H3,(H,25,29)(H,26,30). The highest BCUT2D eigenvalue weighted by Crippen LogP contribution is 2.33. The molecule has 0 spiro atoms. The highest BCUT2D eigenvalue weighted by Gasteiger charge is 2.36. The first-order valence-corrected chi connectivity index (χ1v) is 10.9. The van der Waals surface area contributed by atoms with Crippen molar-refractivity contribution in [3.8, 4) is 0 Å². The van der Waals surface area contributed by atoms with Gasteiger partial charge in [-0.15, -0.1) is 0 Å². The van der Waals surface area contributed by atoms with E-state index in [9.17, 15) is 14.4 Å². The Hall–Kier alpha value is -2.83. The van der Waals surface area contributed by atoms with E-state index in [0.717, 1.165) is 12.8 Å². The molecule has 31 heavy (non-hydrogen) atoms. The van der Waals surface area contributed by atoms with Gasteiger partial charge in [0, 0.05) is 23.3 Å². The number of hydrogen-bond donors (Lipinski definition) is 2. The lowest BCUT2D eigenvalue weighted by Crippen LogP contribution is -2.48. The van der Waals surface area contributed by atoms with Gasteiger partial charge in [-0.05, 0) is 44.9 Å². The van der Waals surface area contributed by atoms with Crippen LogP contribution in [0.3, 0.4) is 0 Å². The Labute approximate surface area is 185 Å². The van der Waals surface area contributed by atoms with Crippen molar-refractivity contribution in [3.05, 3.63) is 41.1 Å². The fourth-order valence-electron chi connectivity index (χ4n) is 3.27. The van der Waals surface area contributed by atoms with E-state index in [-0.39, 0.29) is 18.0 Å². The molecule has 1 aliphatic rings. The Morgan fingerprint density at radius 2 is 1.94 bits per heavy atom. The molecular formula is C24H35N3O4. The number of amides is 3. The summed E-state index contributed by atoms with van der Waals surface area (Å²) in [6, 6.07) is 6.28. The molecule has 2 rings (SSSR count). The Kier molecular flexibility index (Phi) is 7.87. The third-order valence-electron chi connectivity index (χ3n) is 5.05. The zero-order valence-electron chi connectivity index (χ0n) is 19.7. The number of nitrogens with zero attached hydrogens (tertiary/aromatic N) is 1. The van der Waals surface area contributed by atoms with E-state index >= 15 is 0 Å². The summed E-state index contributed by atoms with van der Waals surface area (Å²) in [7, 11) is 0. The maximum absolute atomic E-state index is 13.0. The summed E-state index contributed by atoms with van der Waals surface area (Å²) in [5.74, 6) is -0.572. The quantitative estimate of drug-likeness (QED) is 0.612. The van der Waals surface area contributed by atoms with Crippen molar-refractivity contribution < 1.29 is 19.1 Å². The van der Waals surface area contributed by atoms with Crippen molar-refractivity contribution in [2.24, 2.45) is 5.41 Å². The minimum absolute atomic E-state index is 0.116. The molecule has 170 valence electrons. The van der Waals surface area contributed by atoms with Crippen molar-refractivity contribution in [3.63, 3.8) is 0 Å². The minimum atomic E-state index is -0.664. The first kappa shape index (κ1) is 24.4. The molecule has 7 nitrogen and oxygen atoms in total. The fourth-order valence-corrected chi connectivity index (χ4v) is 3.27. The summed E-state index contributed by atoms with van der Waals surface area (Å²) in [5.41, 5.74) is 1.76. The summed E-state index contributed by atoms with van der Waals surface area (Å²) in [6.07, 6.45) is 1.48. The molecular weight excluding hydrogens is 394 g/mol. The van der Waals surface area contributed by atoms with E-state index < -0.39 is 17.4 Å². The van der Waals surface area contributed by atoms with Gasteiger partial charge in [0.2, 0.25) is 5.91 Å². The van der Waals surface area contributed by atoms with Gasteiger partial charge in [0.15, 0.2) is 0 Å². The average molecular weight is 430 g/mol. The van der Waals surface area contributed by atoms with Crippen LogP contribution in [0.1, 0.15) is 72.9 Å². The molecule has 7 heteroatoms. The number of benzene rings is 1. The number of rotatable bonds is 7. The number of esters is 1. The summed E-state index contributed by atoms with van der Waals surface area (Å²) in [4.78, 5) is 39.8. The van der Waals surface area contributed by atoms with Crippen LogP contribution >= 0.6 is 0 Å². The molecule has 0 fully saturated rings. The Morgan fingerprint density at radius 3 is 2.52 bits per heavy atom. The maximum Gasteiger partial charge on any atom is 0.338 e. The maximum atomic E-state index is 13.0. The normalized spacial score (nSPS) is 17.0. The molecule has 1 aliphatic heterocycles. The van der Waals surface area contributed by atoms with E-state index in [1.165, 1.54) is 0 Å². The topological polar surface area (TPSA) is 87.7 Å². The molecule has 0 saturated heterocycles. The van der Waals surface area contributed by atoms with E-state index in [1.54, 1.807) is 43.9 Å². The molecule has 1 aromatic rings. The lowest BCUT2D eigenvalue weighted by molar-refractivity contribution is -0.143. The predicted molar refractivity (Wildman–Crippen MR) is 121 cm³/mol. The lowest BCUT2D eigenvalue weighted by Gasteiger charge is -2.35. The number of urea groups is 1. The fraction of sp³-hybridized carbons (Fsp3) is 0.542. The van der Waals surface area contributed by atoms with Crippen LogP contribution in [0, 0.1) is 5.41 Å². The van der Waals surface area contributed by atoms with Crippen LogP contribution in [0.5, 0.6) is 0 Å². The van der Waals surface area contributed by atoms with Crippen LogP contribution in [0.15, 0.2) is 35.5 Å². The number of carbonyl (C=O) groups excluding carboxylic acids is 3. The van der Waals surface area contributed by atoms with Gasteiger partial charge in [-0.3, -0.25) is 9.69 Å². The van der Waals surface area contributed by atoms with Crippen molar-refractivity contribution in [2.45, 2.75) is 73.5 Å². The molecule has 2 N–H and O–H groups in total. The van der Waals surface area contributed by atoms with Crippen molar-refractivity contribution in [1.82, 2.24) is 10.2 Å². The molecule has 1 unspecified atom stereocenters. The molecule has 0 radical (unpaired) electrons.